The van der Waals surface area contributed by atoms with E-state index in [9.17, 15) is 43.2 Å². The van der Waals surface area contributed by atoms with Gasteiger partial charge in [-0.25, -0.2) is 4.79 Å². The summed E-state index contributed by atoms with van der Waals surface area (Å²) < 4.78 is 58.7. The Morgan fingerprint density at radius 1 is 0.767 bits per heavy atom. The van der Waals surface area contributed by atoms with Crippen LogP contribution in [0.2, 0.25) is 0 Å². The standard InChI is InChI=1S/C34H45Cl3N2O20S/c1-13(40)39-24-21(52-16(4)43)10-33(32(48)49-9,59-27(24)25(54-18(6)45)22(53-17(5)44)11-50-14(2)41)60-29-26(55-19(7)46)23(12-51-15(3)42)57-30(28(29)56-20(8)47)58-31(38)34(35,36)37/h21-30,38H,10-12H2,1-9H3,(H,39,40)/t21-,22+,23+,24+,25+,26-,27+,28+,29-,30?,33-/m0/s1. The number of amides is 1. The molecule has 26 heteroatoms. The minimum atomic E-state index is -2.60. The predicted octanol–water partition coefficient (Wildman–Crippen LogP) is 1.12. The zero-order chi connectivity index (χ0) is 45.9. The van der Waals surface area contributed by atoms with Crippen LogP contribution in [0.3, 0.4) is 0 Å². The summed E-state index contributed by atoms with van der Waals surface area (Å²) in [6.07, 6.45) is -15.1. The normalized spacial score (nSPS) is 27.3. The number of hydrogen-bond donors (Lipinski definition) is 2. The smallest absolute Gasteiger partial charge is 0.349 e. The van der Waals surface area contributed by atoms with E-state index in [0.717, 1.165) is 62.5 Å². The molecule has 2 heterocycles. The summed E-state index contributed by atoms with van der Waals surface area (Å²) in [5, 5.41) is 9.09. The molecule has 0 radical (unpaired) electrons. The van der Waals surface area contributed by atoms with Crippen molar-refractivity contribution in [2.24, 2.45) is 0 Å². The fourth-order valence-electron chi connectivity index (χ4n) is 6.01. The minimum Gasteiger partial charge on any atom is -0.466 e. The van der Waals surface area contributed by atoms with Crippen LogP contribution >= 0.6 is 46.6 Å². The van der Waals surface area contributed by atoms with Gasteiger partial charge in [0.05, 0.1) is 18.4 Å². The molecule has 2 fully saturated rings. The summed E-state index contributed by atoms with van der Waals surface area (Å²) >= 11 is 18.0. The first kappa shape index (κ1) is 52.0. The third-order valence-electron chi connectivity index (χ3n) is 7.96. The summed E-state index contributed by atoms with van der Waals surface area (Å²) in [5.41, 5.74) is 0. The number of hydrogen-bond acceptors (Lipinski definition) is 22. The quantitative estimate of drug-likeness (QED) is 0.0721. The maximum Gasteiger partial charge on any atom is 0.349 e. The molecule has 2 saturated heterocycles. The Morgan fingerprint density at radius 2 is 1.32 bits per heavy atom. The highest BCUT2D eigenvalue weighted by Gasteiger charge is 2.63. The molecule has 1 amide bonds. The molecule has 338 valence electrons. The molecule has 22 nitrogen and oxygen atoms in total. The number of thioether (sulfide) groups is 1. The zero-order valence-corrected chi connectivity index (χ0v) is 36.7. The number of carbonyl (C=O) groups excluding carboxylic acids is 9. The number of ether oxygens (including phenoxy) is 11. The minimum absolute atomic E-state index is 0.375. The Bertz CT molecular complexity index is 1660. The fourth-order valence-corrected chi connectivity index (χ4v) is 7.88. The Morgan fingerprint density at radius 3 is 1.78 bits per heavy atom. The van der Waals surface area contributed by atoms with Gasteiger partial charge in [-0.3, -0.25) is 43.8 Å². The monoisotopic (exact) mass is 938 g/mol. The summed E-state index contributed by atoms with van der Waals surface area (Å²) in [7, 11) is 0.921. The molecule has 60 heavy (non-hydrogen) atoms. The molecule has 2 aliphatic heterocycles. The lowest BCUT2D eigenvalue weighted by Gasteiger charge is -2.51. The number of methoxy groups -OCH3 is 1. The highest BCUT2D eigenvalue weighted by molar-refractivity contribution is 8.01. The van der Waals surface area contributed by atoms with Crippen LogP contribution in [0.1, 0.15) is 61.8 Å². The molecule has 0 bridgehead atoms. The van der Waals surface area contributed by atoms with Crippen molar-refractivity contribution in [3.05, 3.63) is 0 Å². The first-order valence-electron chi connectivity index (χ1n) is 17.5. The van der Waals surface area contributed by atoms with Crippen LogP contribution in [0.4, 0.5) is 0 Å². The number of esters is 8. The van der Waals surface area contributed by atoms with Gasteiger partial charge in [0, 0.05) is 61.8 Å². The highest BCUT2D eigenvalue weighted by atomic mass is 35.6. The average molecular weight is 940 g/mol. The lowest BCUT2D eigenvalue weighted by molar-refractivity contribution is -0.255. The number of halogens is 3. The largest absolute Gasteiger partial charge is 0.466 e. The molecule has 0 aromatic heterocycles. The predicted molar refractivity (Wildman–Crippen MR) is 202 cm³/mol. The van der Waals surface area contributed by atoms with Crippen molar-refractivity contribution in [1.29, 1.82) is 5.41 Å². The molecular weight excluding hydrogens is 895 g/mol. The lowest BCUT2D eigenvalue weighted by atomic mass is 9.89. The van der Waals surface area contributed by atoms with Gasteiger partial charge in [-0.15, -0.1) is 11.8 Å². The Hall–Kier alpha value is -4.16. The first-order valence-corrected chi connectivity index (χ1v) is 19.5. The Kier molecular flexibility index (Phi) is 19.6. The van der Waals surface area contributed by atoms with Crippen LogP contribution in [-0.4, -0.2) is 149 Å². The van der Waals surface area contributed by atoms with Crippen LogP contribution in [0.25, 0.3) is 0 Å². The second-order valence-electron chi connectivity index (χ2n) is 13.0. The third kappa shape index (κ3) is 15.4. The van der Waals surface area contributed by atoms with E-state index in [1.807, 2.05) is 0 Å². The maximum absolute atomic E-state index is 14.3. The van der Waals surface area contributed by atoms with Gasteiger partial charge in [0.1, 0.15) is 37.6 Å². The van der Waals surface area contributed by atoms with Gasteiger partial charge in [-0.05, 0) is 0 Å². The van der Waals surface area contributed by atoms with Crippen LogP contribution < -0.4 is 5.32 Å². The van der Waals surface area contributed by atoms with Gasteiger partial charge in [0.2, 0.25) is 23.0 Å². The Balaban J connectivity index is 3.10. The van der Waals surface area contributed by atoms with Gasteiger partial charge in [0.25, 0.3) is 3.79 Å². The second kappa shape index (κ2) is 22.6. The molecule has 2 aliphatic rings. The number of alkyl halides is 3. The van der Waals surface area contributed by atoms with Gasteiger partial charge in [-0.1, -0.05) is 34.8 Å². The summed E-state index contributed by atoms with van der Waals surface area (Å²) in [6, 6.07) is -1.56. The van der Waals surface area contributed by atoms with Gasteiger partial charge >= 0.3 is 47.8 Å². The molecule has 0 aliphatic carbocycles. The SMILES string of the molecule is COC(=O)[C@@]1(S[C@H]2[C@@H](OC(C)=O)[C@@H](COC(C)=O)OC(OC(=N)C(Cl)(Cl)Cl)[C@@H]2OC(C)=O)C[C@H](OC(C)=O)[C@@H](NC(C)=O)[C@H]([C@H](OC(C)=O)[C@@H](COC(C)=O)OC(C)=O)O1. The van der Waals surface area contributed by atoms with E-state index in [-0.39, 0.29) is 0 Å². The Labute approximate surface area is 362 Å². The van der Waals surface area contributed by atoms with Crippen LogP contribution in [-0.2, 0) is 95.3 Å². The number of nitrogens with one attached hydrogen (secondary N) is 2. The van der Waals surface area contributed by atoms with Gasteiger partial charge in [-0.2, -0.15) is 0 Å². The van der Waals surface area contributed by atoms with E-state index in [1.165, 1.54) is 0 Å². The molecule has 0 aromatic rings. The van der Waals surface area contributed by atoms with Crippen LogP contribution in [0.5, 0.6) is 0 Å². The van der Waals surface area contributed by atoms with Gasteiger partial charge < -0.3 is 57.4 Å². The van der Waals surface area contributed by atoms with E-state index in [1.54, 1.807) is 0 Å². The first-order chi connectivity index (χ1) is 27.7. The van der Waals surface area contributed by atoms with Crippen molar-refractivity contribution < 1.29 is 95.3 Å². The number of carbonyl (C=O) groups is 9. The molecule has 2 N–H and O–H groups in total. The fraction of sp³-hybridized carbons (Fsp3) is 0.706. The lowest BCUT2D eigenvalue weighted by Crippen LogP contribution is -2.69. The van der Waals surface area contributed by atoms with E-state index in [4.69, 9.17) is 92.3 Å². The molecular formula is C34H45Cl3N2O20S. The van der Waals surface area contributed by atoms with Crippen LogP contribution in [0, 0.1) is 5.41 Å². The summed E-state index contributed by atoms with van der Waals surface area (Å²) in [6.45, 7) is 6.46. The van der Waals surface area contributed by atoms with Gasteiger partial charge in [0.15, 0.2) is 18.3 Å². The van der Waals surface area contributed by atoms with Crippen molar-refractivity contribution in [1.82, 2.24) is 5.32 Å². The van der Waals surface area contributed by atoms with E-state index >= 15 is 0 Å². The van der Waals surface area contributed by atoms with Crippen molar-refractivity contribution in [3.8, 4) is 0 Å². The van der Waals surface area contributed by atoms with E-state index in [0.29, 0.717) is 11.8 Å². The summed E-state index contributed by atoms with van der Waals surface area (Å²) in [4.78, 5) is 112. The summed E-state index contributed by atoms with van der Waals surface area (Å²) in [5.74, 6) is -9.88. The van der Waals surface area contributed by atoms with Crippen molar-refractivity contribution in [3.63, 3.8) is 0 Å². The van der Waals surface area contributed by atoms with E-state index in [2.05, 4.69) is 5.32 Å². The van der Waals surface area contributed by atoms with Crippen molar-refractivity contribution >= 4 is 106 Å². The third-order valence-corrected chi connectivity index (χ3v) is 10.1. The topological polar surface area (TPSA) is 291 Å². The van der Waals surface area contributed by atoms with E-state index < -0.39 is 148 Å². The van der Waals surface area contributed by atoms with Crippen molar-refractivity contribution in [2.45, 2.75) is 131 Å². The molecule has 1 unspecified atom stereocenters. The molecule has 0 aromatic carbocycles. The molecule has 0 saturated carbocycles. The maximum atomic E-state index is 14.3. The van der Waals surface area contributed by atoms with Crippen molar-refractivity contribution in [2.75, 3.05) is 20.3 Å². The molecule has 11 atom stereocenters. The molecule has 0 spiro atoms. The average Bonchev–Trinajstić information content (AvgIpc) is 3.09. The second-order valence-corrected chi connectivity index (χ2v) is 16.7. The molecule has 2 rings (SSSR count). The highest BCUT2D eigenvalue weighted by Crippen LogP contribution is 2.49. The number of rotatable bonds is 16. The van der Waals surface area contributed by atoms with Crippen LogP contribution in [0.15, 0.2) is 0 Å². The zero-order valence-electron chi connectivity index (χ0n) is 33.6.